The zero-order chi connectivity index (χ0) is 21.3. The Labute approximate surface area is 178 Å². The molecule has 1 saturated carbocycles. The molecular weight excluding hydrogens is 381 g/mol. The fraction of sp³-hybridized carbons (Fsp3) is 0.480. The van der Waals surface area contributed by atoms with E-state index >= 15 is 0 Å². The summed E-state index contributed by atoms with van der Waals surface area (Å²) in [6, 6.07) is 10.5. The van der Waals surface area contributed by atoms with Crippen molar-refractivity contribution >= 4 is 5.91 Å². The van der Waals surface area contributed by atoms with Crippen molar-refractivity contribution in [1.82, 2.24) is 5.32 Å². The molecule has 1 fully saturated rings. The summed E-state index contributed by atoms with van der Waals surface area (Å²) in [4.78, 5) is 12.8. The normalized spacial score (nSPS) is 15.2. The van der Waals surface area contributed by atoms with Gasteiger partial charge in [-0.25, -0.2) is 4.39 Å². The molecule has 2 aromatic carbocycles. The summed E-state index contributed by atoms with van der Waals surface area (Å²) in [6.45, 7) is 2.23. The van der Waals surface area contributed by atoms with E-state index < -0.39 is 0 Å². The molecule has 0 unspecified atom stereocenters. The minimum Gasteiger partial charge on any atom is -0.493 e. The molecule has 30 heavy (non-hydrogen) atoms. The monoisotopic (exact) mass is 413 g/mol. The number of halogens is 1. The molecule has 4 nitrogen and oxygen atoms in total. The van der Waals surface area contributed by atoms with Gasteiger partial charge in [-0.15, -0.1) is 0 Å². The van der Waals surface area contributed by atoms with Gasteiger partial charge in [0.25, 0.3) is 5.91 Å². The number of nitrogens with one attached hydrogen (secondary N) is 1. The van der Waals surface area contributed by atoms with Crippen LogP contribution in [0.4, 0.5) is 4.39 Å². The van der Waals surface area contributed by atoms with E-state index in [1.807, 2.05) is 13.0 Å². The van der Waals surface area contributed by atoms with Gasteiger partial charge in [0.15, 0.2) is 11.5 Å². The molecular formula is C25H32FNO3. The molecule has 5 heteroatoms. The second-order valence-corrected chi connectivity index (χ2v) is 8.07. The predicted octanol–water partition coefficient (Wildman–Crippen LogP) is 5.61. The van der Waals surface area contributed by atoms with E-state index in [1.54, 1.807) is 31.4 Å². The van der Waals surface area contributed by atoms with Gasteiger partial charge < -0.3 is 14.8 Å². The van der Waals surface area contributed by atoms with E-state index in [1.165, 1.54) is 25.3 Å². The van der Waals surface area contributed by atoms with Gasteiger partial charge in [-0.05, 0) is 49.6 Å². The van der Waals surface area contributed by atoms with Crippen LogP contribution >= 0.6 is 0 Å². The van der Waals surface area contributed by atoms with Crippen LogP contribution in [0.15, 0.2) is 36.4 Å². The van der Waals surface area contributed by atoms with E-state index in [9.17, 15) is 9.18 Å². The molecule has 0 radical (unpaired) electrons. The van der Waals surface area contributed by atoms with Gasteiger partial charge in [0.05, 0.1) is 13.7 Å². The smallest absolute Gasteiger partial charge is 0.251 e. The van der Waals surface area contributed by atoms with E-state index in [2.05, 4.69) is 5.32 Å². The van der Waals surface area contributed by atoms with E-state index in [-0.39, 0.29) is 17.8 Å². The molecule has 0 atom stereocenters. The van der Waals surface area contributed by atoms with Crippen molar-refractivity contribution in [3.8, 4) is 11.5 Å². The molecule has 0 aliphatic heterocycles. The first kappa shape index (κ1) is 22.1. The van der Waals surface area contributed by atoms with Gasteiger partial charge in [0.2, 0.25) is 0 Å². The second-order valence-electron chi connectivity index (χ2n) is 8.07. The van der Waals surface area contributed by atoms with Gasteiger partial charge >= 0.3 is 0 Å². The number of carbonyl (C=O) groups excluding carboxylic acids is 1. The largest absolute Gasteiger partial charge is 0.493 e. The lowest BCUT2D eigenvalue weighted by atomic mass is 9.96. The summed E-state index contributed by atoms with van der Waals surface area (Å²) in [7, 11) is 1.57. The molecule has 162 valence electrons. The van der Waals surface area contributed by atoms with Gasteiger partial charge in [-0.3, -0.25) is 4.79 Å². The average molecular weight is 414 g/mol. The van der Waals surface area contributed by atoms with E-state index in [0.717, 1.165) is 31.2 Å². The van der Waals surface area contributed by atoms with E-state index in [0.29, 0.717) is 35.7 Å². The van der Waals surface area contributed by atoms with Gasteiger partial charge in [-0.2, -0.15) is 0 Å². The van der Waals surface area contributed by atoms with Crippen molar-refractivity contribution in [3.05, 3.63) is 58.9 Å². The van der Waals surface area contributed by atoms with Crippen LogP contribution in [0.1, 0.15) is 66.4 Å². The highest BCUT2D eigenvalue weighted by Gasteiger charge is 2.17. The Hall–Kier alpha value is -2.56. The van der Waals surface area contributed by atoms with Crippen LogP contribution < -0.4 is 14.8 Å². The lowest BCUT2D eigenvalue weighted by Gasteiger charge is -2.21. The standard InChI is InChI=1S/C25H32FNO3/c1-18-10-12-22(26)19(16-18)14-15-30-24-17-20(11-13-23(24)29-2)25(28)27-21-8-6-4-3-5-7-9-21/h10-13,16-17,21H,3-9,14-15H2,1-2H3,(H,27,28). The lowest BCUT2D eigenvalue weighted by molar-refractivity contribution is 0.0930. The number of ether oxygens (including phenoxy) is 2. The Morgan fingerprint density at radius 3 is 2.50 bits per heavy atom. The number of aryl methyl sites for hydroxylation is 1. The Kier molecular flexibility index (Phi) is 8.12. The minimum absolute atomic E-state index is 0.0854. The highest BCUT2D eigenvalue weighted by atomic mass is 19.1. The van der Waals surface area contributed by atoms with Crippen LogP contribution in [0, 0.1) is 12.7 Å². The number of hydrogen-bond donors (Lipinski definition) is 1. The molecule has 0 heterocycles. The summed E-state index contributed by atoms with van der Waals surface area (Å²) in [5, 5.41) is 3.18. The maximum atomic E-state index is 14.0. The highest BCUT2D eigenvalue weighted by molar-refractivity contribution is 5.95. The Balaban J connectivity index is 1.63. The first-order chi connectivity index (χ1) is 14.6. The number of hydrogen-bond acceptors (Lipinski definition) is 3. The van der Waals surface area contributed by atoms with E-state index in [4.69, 9.17) is 9.47 Å². The predicted molar refractivity (Wildman–Crippen MR) is 117 cm³/mol. The van der Waals surface area contributed by atoms with Crippen molar-refractivity contribution in [3.63, 3.8) is 0 Å². The first-order valence-corrected chi connectivity index (χ1v) is 10.9. The molecule has 3 rings (SSSR count). The van der Waals surface area contributed by atoms with Gasteiger partial charge in [0, 0.05) is 18.0 Å². The fourth-order valence-corrected chi connectivity index (χ4v) is 3.97. The Morgan fingerprint density at radius 1 is 1.03 bits per heavy atom. The molecule has 0 aromatic heterocycles. The van der Waals surface area contributed by atoms with Gasteiger partial charge in [0.1, 0.15) is 5.82 Å². The lowest BCUT2D eigenvalue weighted by Crippen LogP contribution is -2.35. The zero-order valence-electron chi connectivity index (χ0n) is 18.0. The average Bonchev–Trinajstić information content (AvgIpc) is 2.72. The summed E-state index contributed by atoms with van der Waals surface area (Å²) >= 11 is 0. The van der Waals surface area contributed by atoms with Crippen LogP contribution in [-0.2, 0) is 6.42 Å². The summed E-state index contributed by atoms with van der Waals surface area (Å²) in [5.41, 5.74) is 2.18. The van der Waals surface area contributed by atoms with Crippen molar-refractivity contribution in [1.29, 1.82) is 0 Å². The number of carbonyl (C=O) groups is 1. The molecule has 1 N–H and O–H groups in total. The zero-order valence-corrected chi connectivity index (χ0v) is 18.0. The summed E-state index contributed by atoms with van der Waals surface area (Å²) in [6.07, 6.45) is 8.62. The third kappa shape index (κ3) is 6.22. The maximum Gasteiger partial charge on any atom is 0.251 e. The van der Waals surface area contributed by atoms with Crippen LogP contribution in [0.2, 0.25) is 0 Å². The number of rotatable bonds is 7. The summed E-state index contributed by atoms with van der Waals surface area (Å²) < 4.78 is 25.2. The van der Waals surface area contributed by atoms with Crippen LogP contribution in [0.5, 0.6) is 11.5 Å². The minimum atomic E-state index is -0.233. The first-order valence-electron chi connectivity index (χ1n) is 10.9. The molecule has 0 spiro atoms. The van der Waals surface area contributed by atoms with Gasteiger partial charge in [-0.1, -0.05) is 49.8 Å². The SMILES string of the molecule is COc1ccc(C(=O)NC2CCCCCCC2)cc1OCCc1cc(C)ccc1F. The fourth-order valence-electron chi connectivity index (χ4n) is 3.97. The molecule has 2 aromatic rings. The molecule has 1 amide bonds. The molecule has 1 aliphatic rings. The van der Waals surface area contributed by atoms with Crippen molar-refractivity contribution in [2.75, 3.05) is 13.7 Å². The third-order valence-electron chi connectivity index (χ3n) is 5.70. The number of amides is 1. The van der Waals surface area contributed by atoms with Crippen molar-refractivity contribution in [2.45, 2.75) is 64.3 Å². The molecule has 0 bridgehead atoms. The third-order valence-corrected chi connectivity index (χ3v) is 5.70. The van der Waals surface area contributed by atoms with Crippen molar-refractivity contribution < 1.29 is 18.7 Å². The van der Waals surface area contributed by atoms with Crippen LogP contribution in [0.3, 0.4) is 0 Å². The summed E-state index contributed by atoms with van der Waals surface area (Å²) in [5.74, 6) is 0.736. The Morgan fingerprint density at radius 2 is 1.77 bits per heavy atom. The quantitative estimate of drug-likeness (QED) is 0.642. The highest BCUT2D eigenvalue weighted by Crippen LogP contribution is 2.29. The Bertz CT molecular complexity index is 844. The van der Waals surface area contributed by atoms with Crippen LogP contribution in [-0.4, -0.2) is 25.7 Å². The van der Waals surface area contributed by atoms with Crippen molar-refractivity contribution in [2.24, 2.45) is 0 Å². The second kappa shape index (κ2) is 11.0. The maximum absolute atomic E-state index is 14.0. The molecule has 0 saturated heterocycles. The number of benzene rings is 2. The number of methoxy groups -OCH3 is 1. The van der Waals surface area contributed by atoms with Crippen LogP contribution in [0.25, 0.3) is 0 Å². The molecule has 1 aliphatic carbocycles. The topological polar surface area (TPSA) is 47.6 Å².